The van der Waals surface area contributed by atoms with Crippen molar-refractivity contribution in [2.24, 2.45) is 11.8 Å². The van der Waals surface area contributed by atoms with Gasteiger partial charge in [0, 0.05) is 19.0 Å². The first-order chi connectivity index (χ1) is 10.2. The average molecular weight is 289 g/mol. The van der Waals surface area contributed by atoms with Crippen LogP contribution in [0.15, 0.2) is 30.3 Å². The summed E-state index contributed by atoms with van der Waals surface area (Å²) in [6.45, 7) is 3.42. The zero-order valence-electron chi connectivity index (χ0n) is 12.4. The first-order valence-electron chi connectivity index (χ1n) is 7.87. The van der Waals surface area contributed by atoms with Crippen molar-refractivity contribution in [1.29, 1.82) is 0 Å². The Labute approximate surface area is 125 Å². The van der Waals surface area contributed by atoms with Crippen molar-refractivity contribution in [3.63, 3.8) is 0 Å². The van der Waals surface area contributed by atoms with E-state index in [2.05, 4.69) is 0 Å². The van der Waals surface area contributed by atoms with Crippen molar-refractivity contribution in [2.45, 2.75) is 38.4 Å². The monoisotopic (exact) mass is 289 g/mol. The maximum absolute atomic E-state index is 12.6. The minimum atomic E-state index is -0.427. The van der Waals surface area contributed by atoms with Crippen LogP contribution in [0.3, 0.4) is 0 Å². The zero-order chi connectivity index (χ0) is 14.8. The van der Waals surface area contributed by atoms with Gasteiger partial charge in [0.25, 0.3) is 5.91 Å². The molecule has 0 radical (unpaired) electrons. The van der Waals surface area contributed by atoms with Crippen LogP contribution < -0.4 is 4.74 Å². The number of likely N-dealkylation sites (tertiary alicyclic amines) is 1. The maximum Gasteiger partial charge on any atom is 0.263 e. The number of amides is 1. The molecule has 1 aliphatic carbocycles. The fraction of sp³-hybridized carbons (Fsp3) is 0.588. The molecule has 1 aliphatic heterocycles. The molecule has 4 nitrogen and oxygen atoms in total. The van der Waals surface area contributed by atoms with Crippen molar-refractivity contribution in [2.75, 3.05) is 13.1 Å². The van der Waals surface area contributed by atoms with E-state index in [0.29, 0.717) is 18.9 Å². The SMILES string of the molecule is CCC(Oc1ccccc1)C(=O)N1CC2CCC(O)C2C1. The van der Waals surface area contributed by atoms with Gasteiger partial charge in [0.2, 0.25) is 0 Å². The smallest absolute Gasteiger partial charge is 0.263 e. The van der Waals surface area contributed by atoms with E-state index in [9.17, 15) is 9.90 Å². The molecule has 2 aliphatic rings. The summed E-state index contributed by atoms with van der Waals surface area (Å²) < 4.78 is 5.83. The lowest BCUT2D eigenvalue weighted by molar-refractivity contribution is -0.138. The Kier molecular flexibility index (Phi) is 4.15. The molecular weight excluding hydrogens is 266 g/mol. The van der Waals surface area contributed by atoms with E-state index in [1.807, 2.05) is 42.2 Å². The molecule has 114 valence electrons. The number of hydrogen-bond acceptors (Lipinski definition) is 3. The minimum absolute atomic E-state index is 0.0583. The molecule has 1 amide bonds. The summed E-state index contributed by atoms with van der Waals surface area (Å²) in [5.41, 5.74) is 0. The van der Waals surface area contributed by atoms with Crippen LogP contribution in [-0.4, -0.2) is 41.2 Å². The number of aliphatic hydroxyl groups excluding tert-OH is 1. The molecule has 0 aromatic heterocycles. The molecule has 2 fully saturated rings. The summed E-state index contributed by atoms with van der Waals surface area (Å²) in [5, 5.41) is 9.96. The Hall–Kier alpha value is -1.55. The van der Waals surface area contributed by atoms with Crippen LogP contribution in [0.2, 0.25) is 0 Å². The van der Waals surface area contributed by atoms with Crippen LogP contribution in [0.1, 0.15) is 26.2 Å². The molecule has 1 saturated carbocycles. The minimum Gasteiger partial charge on any atom is -0.481 e. The van der Waals surface area contributed by atoms with Crippen molar-refractivity contribution in [1.82, 2.24) is 4.90 Å². The standard InChI is InChI=1S/C17H23NO3/c1-2-16(21-13-6-4-3-5-7-13)17(20)18-10-12-8-9-15(19)14(12)11-18/h3-7,12,14-16,19H,2,8-11H2,1H3. The highest BCUT2D eigenvalue weighted by molar-refractivity contribution is 5.81. The highest BCUT2D eigenvalue weighted by atomic mass is 16.5. The molecule has 1 N–H and O–H groups in total. The van der Waals surface area contributed by atoms with E-state index in [0.717, 1.165) is 25.1 Å². The fourth-order valence-corrected chi connectivity index (χ4v) is 3.59. The van der Waals surface area contributed by atoms with Gasteiger partial charge in [0.1, 0.15) is 5.75 Å². The average Bonchev–Trinajstić information content (AvgIpc) is 3.08. The molecule has 4 atom stereocenters. The number of ether oxygens (including phenoxy) is 1. The van der Waals surface area contributed by atoms with E-state index in [-0.39, 0.29) is 17.9 Å². The van der Waals surface area contributed by atoms with Crippen LogP contribution in [-0.2, 0) is 4.79 Å². The molecule has 4 unspecified atom stereocenters. The van der Waals surface area contributed by atoms with Crippen LogP contribution in [0.5, 0.6) is 5.75 Å². The van der Waals surface area contributed by atoms with Crippen molar-refractivity contribution >= 4 is 5.91 Å². The number of carbonyl (C=O) groups is 1. The lowest BCUT2D eigenvalue weighted by Crippen LogP contribution is -2.41. The number of hydrogen-bond donors (Lipinski definition) is 1. The third-order valence-corrected chi connectivity index (χ3v) is 4.80. The Morgan fingerprint density at radius 1 is 1.33 bits per heavy atom. The molecule has 0 spiro atoms. The molecule has 3 rings (SSSR count). The third kappa shape index (κ3) is 2.91. The van der Waals surface area contributed by atoms with E-state index in [1.54, 1.807) is 0 Å². The highest BCUT2D eigenvalue weighted by Crippen LogP contribution is 2.38. The topological polar surface area (TPSA) is 49.8 Å². The molecule has 0 bridgehead atoms. The number of nitrogens with zero attached hydrogens (tertiary/aromatic N) is 1. The molecule has 1 aromatic rings. The normalized spacial score (nSPS) is 29.2. The van der Waals surface area contributed by atoms with Gasteiger partial charge in [-0.1, -0.05) is 25.1 Å². The van der Waals surface area contributed by atoms with Gasteiger partial charge in [-0.3, -0.25) is 4.79 Å². The van der Waals surface area contributed by atoms with Gasteiger partial charge in [-0.2, -0.15) is 0 Å². The first-order valence-corrected chi connectivity index (χ1v) is 7.87. The largest absolute Gasteiger partial charge is 0.481 e. The quantitative estimate of drug-likeness (QED) is 0.923. The number of aliphatic hydroxyl groups is 1. The second-order valence-electron chi connectivity index (χ2n) is 6.14. The summed E-state index contributed by atoms with van der Waals surface area (Å²) in [5.74, 6) is 1.53. The number of carbonyl (C=O) groups excluding carboxylic acids is 1. The number of fused-ring (bicyclic) bond motifs is 1. The summed E-state index contributed by atoms with van der Waals surface area (Å²) >= 11 is 0. The lowest BCUT2D eigenvalue weighted by Gasteiger charge is -2.24. The van der Waals surface area contributed by atoms with Gasteiger partial charge >= 0.3 is 0 Å². The maximum atomic E-state index is 12.6. The Morgan fingerprint density at radius 3 is 2.76 bits per heavy atom. The van der Waals surface area contributed by atoms with Crippen LogP contribution in [0.4, 0.5) is 0 Å². The van der Waals surface area contributed by atoms with E-state index in [4.69, 9.17) is 4.74 Å². The van der Waals surface area contributed by atoms with Gasteiger partial charge in [-0.25, -0.2) is 0 Å². The molecular formula is C17H23NO3. The summed E-state index contributed by atoms with van der Waals surface area (Å²) in [6.07, 6.45) is 1.91. The molecule has 21 heavy (non-hydrogen) atoms. The van der Waals surface area contributed by atoms with Crippen LogP contribution in [0.25, 0.3) is 0 Å². The number of benzene rings is 1. The summed E-state index contributed by atoms with van der Waals surface area (Å²) in [6, 6.07) is 9.49. The first kappa shape index (κ1) is 14.4. The van der Waals surface area contributed by atoms with Crippen LogP contribution >= 0.6 is 0 Å². The zero-order valence-corrected chi connectivity index (χ0v) is 12.4. The predicted octanol–water partition coefficient (Wildman–Crippen LogP) is 2.07. The Morgan fingerprint density at radius 2 is 2.10 bits per heavy atom. The number of rotatable bonds is 4. The van der Waals surface area contributed by atoms with Crippen molar-refractivity contribution in [3.8, 4) is 5.75 Å². The van der Waals surface area contributed by atoms with Gasteiger partial charge < -0.3 is 14.7 Å². The Bertz CT molecular complexity index is 490. The van der Waals surface area contributed by atoms with Crippen molar-refractivity contribution in [3.05, 3.63) is 30.3 Å². The van der Waals surface area contributed by atoms with Gasteiger partial charge in [0.15, 0.2) is 6.10 Å². The molecule has 1 saturated heterocycles. The van der Waals surface area contributed by atoms with Gasteiger partial charge in [-0.15, -0.1) is 0 Å². The summed E-state index contributed by atoms with van der Waals surface area (Å²) in [4.78, 5) is 14.5. The van der Waals surface area contributed by atoms with Crippen molar-refractivity contribution < 1.29 is 14.6 Å². The lowest BCUT2D eigenvalue weighted by atomic mass is 10.00. The van der Waals surface area contributed by atoms with Gasteiger partial charge in [-0.05, 0) is 37.3 Å². The molecule has 4 heteroatoms. The summed E-state index contributed by atoms with van der Waals surface area (Å²) in [7, 11) is 0. The highest BCUT2D eigenvalue weighted by Gasteiger charge is 2.44. The fourth-order valence-electron chi connectivity index (χ4n) is 3.59. The second kappa shape index (κ2) is 6.06. The Balaban J connectivity index is 1.63. The number of para-hydroxylation sites is 1. The van der Waals surface area contributed by atoms with E-state index < -0.39 is 6.10 Å². The molecule has 1 aromatic carbocycles. The van der Waals surface area contributed by atoms with Crippen LogP contribution in [0, 0.1) is 11.8 Å². The predicted molar refractivity (Wildman–Crippen MR) is 79.9 cm³/mol. The molecule has 1 heterocycles. The van der Waals surface area contributed by atoms with E-state index in [1.165, 1.54) is 0 Å². The second-order valence-corrected chi connectivity index (χ2v) is 6.14. The third-order valence-electron chi connectivity index (χ3n) is 4.80. The van der Waals surface area contributed by atoms with Gasteiger partial charge in [0.05, 0.1) is 6.10 Å². The van der Waals surface area contributed by atoms with E-state index >= 15 is 0 Å².